The van der Waals surface area contributed by atoms with Crippen LogP contribution < -0.4 is 11.1 Å². The summed E-state index contributed by atoms with van der Waals surface area (Å²) in [5.41, 5.74) is 6.05. The number of carbonyl (C=O) groups is 1. The number of nitrogens with one attached hydrogen (secondary N) is 1. The summed E-state index contributed by atoms with van der Waals surface area (Å²) in [6, 6.07) is 4.35. The van der Waals surface area contributed by atoms with Crippen LogP contribution in [0.4, 0.5) is 10.1 Å². The molecule has 0 bridgehead atoms. The molecule has 1 aromatic carbocycles. The predicted molar refractivity (Wildman–Crippen MR) is 75.1 cm³/mol. The van der Waals surface area contributed by atoms with Crippen LogP contribution in [-0.4, -0.2) is 12.5 Å². The van der Waals surface area contributed by atoms with E-state index in [0.29, 0.717) is 12.1 Å². The molecule has 0 heterocycles. The maximum Gasteiger partial charge on any atom is 0.224 e. The van der Waals surface area contributed by atoms with E-state index in [9.17, 15) is 9.18 Å². The minimum absolute atomic E-state index is 0.0576. The molecule has 3 N–H and O–H groups in total. The number of amides is 1. The third kappa shape index (κ3) is 5.54. The SMILES string of the molecule is CCCCCC(=O)Nc1ccc(F)c(C#CCN)c1. The second-order valence-electron chi connectivity index (χ2n) is 4.21. The topological polar surface area (TPSA) is 55.1 Å². The lowest BCUT2D eigenvalue weighted by molar-refractivity contribution is -0.116. The molecular weight excluding hydrogens is 243 g/mol. The van der Waals surface area contributed by atoms with E-state index in [1.54, 1.807) is 0 Å². The molecule has 0 aliphatic rings. The fourth-order valence-corrected chi connectivity index (χ4v) is 1.60. The van der Waals surface area contributed by atoms with Crippen molar-refractivity contribution in [1.82, 2.24) is 0 Å². The Labute approximate surface area is 113 Å². The highest BCUT2D eigenvalue weighted by atomic mass is 19.1. The lowest BCUT2D eigenvalue weighted by atomic mass is 10.1. The van der Waals surface area contributed by atoms with Gasteiger partial charge in [-0.3, -0.25) is 4.79 Å². The number of hydrogen-bond acceptors (Lipinski definition) is 2. The molecule has 3 nitrogen and oxygen atoms in total. The Morgan fingerprint density at radius 1 is 1.42 bits per heavy atom. The van der Waals surface area contributed by atoms with Crippen molar-refractivity contribution < 1.29 is 9.18 Å². The largest absolute Gasteiger partial charge is 0.326 e. The summed E-state index contributed by atoms with van der Waals surface area (Å²) in [6.45, 7) is 2.26. The highest BCUT2D eigenvalue weighted by Gasteiger charge is 2.05. The third-order valence-electron chi connectivity index (χ3n) is 2.58. The fraction of sp³-hybridized carbons (Fsp3) is 0.400. The van der Waals surface area contributed by atoms with Crippen LogP contribution in [0, 0.1) is 17.7 Å². The molecular formula is C15H19FN2O. The molecule has 0 aliphatic carbocycles. The van der Waals surface area contributed by atoms with Gasteiger partial charge in [0, 0.05) is 12.1 Å². The van der Waals surface area contributed by atoms with Gasteiger partial charge >= 0.3 is 0 Å². The molecule has 102 valence electrons. The van der Waals surface area contributed by atoms with Gasteiger partial charge in [-0.25, -0.2) is 4.39 Å². The van der Waals surface area contributed by atoms with Gasteiger partial charge in [0.05, 0.1) is 12.1 Å². The minimum atomic E-state index is -0.412. The zero-order valence-corrected chi connectivity index (χ0v) is 11.1. The number of benzene rings is 1. The number of hydrogen-bond donors (Lipinski definition) is 2. The van der Waals surface area contributed by atoms with Crippen LogP contribution in [0.15, 0.2) is 18.2 Å². The average molecular weight is 262 g/mol. The normalized spacial score (nSPS) is 9.63. The van der Waals surface area contributed by atoms with Crippen molar-refractivity contribution in [3.8, 4) is 11.8 Å². The Morgan fingerprint density at radius 3 is 2.89 bits per heavy atom. The van der Waals surface area contributed by atoms with Crippen LogP contribution in [0.25, 0.3) is 0 Å². The summed E-state index contributed by atoms with van der Waals surface area (Å²) >= 11 is 0. The number of carbonyl (C=O) groups excluding carboxylic acids is 1. The van der Waals surface area contributed by atoms with Gasteiger partial charge in [-0.2, -0.15) is 0 Å². The van der Waals surface area contributed by atoms with Gasteiger partial charge in [0.2, 0.25) is 5.91 Å². The van der Waals surface area contributed by atoms with E-state index in [1.807, 2.05) is 0 Å². The molecule has 0 aliphatic heterocycles. The van der Waals surface area contributed by atoms with Gasteiger partial charge in [0.25, 0.3) is 0 Å². The molecule has 1 amide bonds. The Balaban J connectivity index is 2.66. The van der Waals surface area contributed by atoms with Crippen molar-refractivity contribution in [1.29, 1.82) is 0 Å². The lowest BCUT2D eigenvalue weighted by Gasteiger charge is -2.06. The molecule has 0 saturated carbocycles. The molecule has 0 fully saturated rings. The molecule has 1 aromatic rings. The van der Waals surface area contributed by atoms with Crippen molar-refractivity contribution in [2.24, 2.45) is 5.73 Å². The standard InChI is InChI=1S/C15H19FN2O/c1-2-3-4-7-15(19)18-13-8-9-14(16)12(11-13)6-5-10-17/h8-9,11H,2-4,7,10,17H2,1H3,(H,18,19). The van der Waals surface area contributed by atoms with Gasteiger partial charge in [-0.05, 0) is 24.6 Å². The first-order chi connectivity index (χ1) is 9.17. The zero-order chi connectivity index (χ0) is 14.1. The van der Waals surface area contributed by atoms with Crippen LogP contribution in [0.2, 0.25) is 0 Å². The fourth-order valence-electron chi connectivity index (χ4n) is 1.60. The second kappa shape index (κ2) is 8.28. The molecule has 0 spiro atoms. The Kier molecular flexibility index (Phi) is 6.62. The Bertz CT molecular complexity index is 489. The van der Waals surface area contributed by atoms with E-state index < -0.39 is 5.82 Å². The Hall–Kier alpha value is -1.86. The van der Waals surface area contributed by atoms with Crippen molar-refractivity contribution in [3.05, 3.63) is 29.6 Å². The highest BCUT2D eigenvalue weighted by molar-refractivity contribution is 5.90. The second-order valence-corrected chi connectivity index (χ2v) is 4.21. The lowest BCUT2D eigenvalue weighted by Crippen LogP contribution is -2.11. The summed E-state index contributed by atoms with van der Waals surface area (Å²) in [5, 5.41) is 2.74. The van der Waals surface area contributed by atoms with Crippen molar-refractivity contribution in [2.45, 2.75) is 32.6 Å². The summed E-state index contributed by atoms with van der Waals surface area (Å²) in [4.78, 5) is 11.6. The number of anilines is 1. The number of rotatable bonds is 5. The van der Waals surface area contributed by atoms with Gasteiger partial charge in [-0.15, -0.1) is 0 Å². The molecule has 0 saturated heterocycles. The van der Waals surface area contributed by atoms with Crippen LogP contribution in [-0.2, 0) is 4.79 Å². The van der Waals surface area contributed by atoms with Gasteiger partial charge in [0.15, 0.2) is 0 Å². The maximum absolute atomic E-state index is 13.4. The van der Waals surface area contributed by atoms with E-state index in [-0.39, 0.29) is 18.0 Å². The number of nitrogens with two attached hydrogens (primary N) is 1. The average Bonchev–Trinajstić information content (AvgIpc) is 2.39. The maximum atomic E-state index is 13.4. The van der Waals surface area contributed by atoms with Gasteiger partial charge in [-0.1, -0.05) is 31.6 Å². The van der Waals surface area contributed by atoms with Crippen molar-refractivity contribution in [3.63, 3.8) is 0 Å². The monoisotopic (exact) mass is 262 g/mol. The number of halogens is 1. The van der Waals surface area contributed by atoms with Crippen LogP contribution in [0.3, 0.4) is 0 Å². The molecule has 0 atom stereocenters. The summed E-state index contributed by atoms with van der Waals surface area (Å²) in [6.07, 6.45) is 3.45. The van der Waals surface area contributed by atoms with Gasteiger partial charge < -0.3 is 11.1 Å². The summed E-state index contributed by atoms with van der Waals surface area (Å²) < 4.78 is 13.4. The van der Waals surface area contributed by atoms with Gasteiger partial charge in [0.1, 0.15) is 5.82 Å². The highest BCUT2D eigenvalue weighted by Crippen LogP contribution is 2.14. The Morgan fingerprint density at radius 2 is 2.21 bits per heavy atom. The molecule has 1 rings (SSSR count). The number of unbranched alkanes of at least 4 members (excludes halogenated alkanes) is 2. The molecule has 0 radical (unpaired) electrons. The first-order valence-corrected chi connectivity index (χ1v) is 6.45. The van der Waals surface area contributed by atoms with E-state index in [1.165, 1.54) is 18.2 Å². The van der Waals surface area contributed by atoms with Crippen molar-refractivity contribution in [2.75, 3.05) is 11.9 Å². The van der Waals surface area contributed by atoms with Crippen LogP contribution in [0.5, 0.6) is 0 Å². The van der Waals surface area contributed by atoms with E-state index in [0.717, 1.165) is 19.3 Å². The first-order valence-electron chi connectivity index (χ1n) is 6.45. The quantitative estimate of drug-likeness (QED) is 0.633. The minimum Gasteiger partial charge on any atom is -0.326 e. The molecule has 0 unspecified atom stereocenters. The van der Waals surface area contributed by atoms with Crippen LogP contribution >= 0.6 is 0 Å². The predicted octanol–water partition coefficient (Wildman–Crippen LogP) is 2.65. The third-order valence-corrected chi connectivity index (χ3v) is 2.58. The van der Waals surface area contributed by atoms with E-state index >= 15 is 0 Å². The first kappa shape index (κ1) is 15.2. The summed E-state index contributed by atoms with van der Waals surface area (Å²) in [7, 11) is 0. The molecule has 19 heavy (non-hydrogen) atoms. The van der Waals surface area contributed by atoms with E-state index in [2.05, 4.69) is 24.1 Å². The smallest absolute Gasteiger partial charge is 0.224 e. The summed E-state index contributed by atoms with van der Waals surface area (Å²) in [5.74, 6) is 4.76. The van der Waals surface area contributed by atoms with E-state index in [4.69, 9.17) is 5.73 Å². The molecule has 0 aromatic heterocycles. The molecule has 4 heteroatoms. The van der Waals surface area contributed by atoms with Crippen LogP contribution in [0.1, 0.15) is 38.2 Å². The van der Waals surface area contributed by atoms with Crippen molar-refractivity contribution >= 4 is 11.6 Å². The zero-order valence-electron chi connectivity index (χ0n) is 11.1.